The maximum absolute atomic E-state index is 12.9. The molecule has 1 unspecified atom stereocenters. The average Bonchev–Trinajstić information content (AvgIpc) is 3.49. The van der Waals surface area contributed by atoms with Crippen LogP contribution in [0.2, 0.25) is 0 Å². The summed E-state index contributed by atoms with van der Waals surface area (Å²) in [4.78, 5) is 28.2. The van der Waals surface area contributed by atoms with E-state index in [-0.39, 0.29) is 17.9 Å². The maximum atomic E-state index is 12.9. The third kappa shape index (κ3) is 4.72. The molecule has 0 saturated carbocycles. The van der Waals surface area contributed by atoms with Crippen molar-refractivity contribution in [2.24, 2.45) is 5.73 Å². The number of thiophene rings is 1. The standard InChI is InChI=1S/C25H25N3O4S/c26-24(29)19-5-2-10-28(19)15-16-3-1-4-18(13-16)27-25(30)23-9-8-22(33-23)17-6-7-20-21(14-17)32-12-11-31-20/h1,3-4,6-9,13-14,19H,2,5,10-12,15H2,(H2,26,29)(H,27,30). The Morgan fingerprint density at radius 2 is 1.91 bits per heavy atom. The zero-order valence-corrected chi connectivity index (χ0v) is 18.9. The Bertz CT molecular complexity index is 1190. The number of ether oxygens (including phenoxy) is 2. The summed E-state index contributed by atoms with van der Waals surface area (Å²) in [6.07, 6.45) is 1.77. The minimum Gasteiger partial charge on any atom is -0.486 e. The molecule has 8 heteroatoms. The molecule has 1 saturated heterocycles. The Labute approximate surface area is 196 Å². The molecule has 3 aromatic rings. The number of nitrogens with zero attached hydrogens (tertiary/aromatic N) is 1. The van der Waals surface area contributed by atoms with Gasteiger partial charge in [0.05, 0.1) is 10.9 Å². The highest BCUT2D eigenvalue weighted by molar-refractivity contribution is 7.17. The molecular formula is C25H25N3O4S. The summed E-state index contributed by atoms with van der Waals surface area (Å²) < 4.78 is 11.2. The van der Waals surface area contributed by atoms with Gasteiger partial charge in [-0.1, -0.05) is 12.1 Å². The van der Waals surface area contributed by atoms with Gasteiger partial charge >= 0.3 is 0 Å². The van der Waals surface area contributed by atoms with Crippen LogP contribution in [0.5, 0.6) is 11.5 Å². The van der Waals surface area contributed by atoms with Crippen molar-refractivity contribution < 1.29 is 19.1 Å². The van der Waals surface area contributed by atoms with Crippen molar-refractivity contribution in [1.82, 2.24) is 4.90 Å². The lowest BCUT2D eigenvalue weighted by molar-refractivity contribution is -0.122. The molecule has 2 aromatic carbocycles. The molecule has 0 bridgehead atoms. The number of hydrogen-bond donors (Lipinski definition) is 2. The van der Waals surface area contributed by atoms with E-state index in [0.29, 0.717) is 24.6 Å². The molecule has 1 fully saturated rings. The number of nitrogens with one attached hydrogen (secondary N) is 1. The second-order valence-electron chi connectivity index (χ2n) is 8.21. The van der Waals surface area contributed by atoms with Crippen molar-refractivity contribution in [3.05, 3.63) is 65.0 Å². The van der Waals surface area contributed by atoms with Gasteiger partial charge in [-0.2, -0.15) is 0 Å². The van der Waals surface area contributed by atoms with Crippen LogP contribution in [0.25, 0.3) is 10.4 Å². The molecule has 3 N–H and O–H groups in total. The fraction of sp³-hybridized carbons (Fsp3) is 0.280. The number of fused-ring (bicyclic) bond motifs is 1. The number of anilines is 1. The Kier molecular flexibility index (Phi) is 6.02. The van der Waals surface area contributed by atoms with Gasteiger partial charge in [-0.05, 0) is 73.0 Å². The van der Waals surface area contributed by atoms with Crippen LogP contribution in [0.4, 0.5) is 5.69 Å². The Balaban J connectivity index is 1.26. The van der Waals surface area contributed by atoms with Gasteiger partial charge in [-0.3, -0.25) is 14.5 Å². The van der Waals surface area contributed by atoms with Gasteiger partial charge in [0.2, 0.25) is 5.91 Å². The molecule has 2 amide bonds. The van der Waals surface area contributed by atoms with E-state index in [1.807, 2.05) is 54.6 Å². The Hall–Kier alpha value is -3.36. The number of amides is 2. The highest BCUT2D eigenvalue weighted by atomic mass is 32.1. The lowest BCUT2D eigenvalue weighted by atomic mass is 10.1. The number of hydrogen-bond acceptors (Lipinski definition) is 6. The number of primary amides is 1. The molecule has 0 aliphatic carbocycles. The zero-order chi connectivity index (χ0) is 22.8. The van der Waals surface area contributed by atoms with Gasteiger partial charge in [0.1, 0.15) is 13.2 Å². The number of likely N-dealkylation sites (tertiary alicyclic amines) is 1. The lowest BCUT2D eigenvalue weighted by Gasteiger charge is -2.22. The fourth-order valence-electron chi connectivity index (χ4n) is 4.32. The van der Waals surface area contributed by atoms with E-state index < -0.39 is 0 Å². The molecule has 1 aromatic heterocycles. The van der Waals surface area contributed by atoms with Crippen LogP contribution >= 0.6 is 11.3 Å². The molecule has 0 radical (unpaired) electrons. The summed E-state index contributed by atoms with van der Waals surface area (Å²) in [7, 11) is 0. The largest absolute Gasteiger partial charge is 0.486 e. The van der Waals surface area contributed by atoms with E-state index in [9.17, 15) is 9.59 Å². The number of carbonyl (C=O) groups excluding carboxylic acids is 2. The summed E-state index contributed by atoms with van der Waals surface area (Å²) in [5.74, 6) is 1.04. The predicted octanol–water partition coefficient (Wildman–Crippen LogP) is 3.89. The molecule has 2 aliphatic rings. The molecule has 170 valence electrons. The third-order valence-corrected chi connectivity index (χ3v) is 7.05. The van der Waals surface area contributed by atoms with E-state index in [1.54, 1.807) is 0 Å². The molecular weight excluding hydrogens is 438 g/mol. The quantitative estimate of drug-likeness (QED) is 0.579. The lowest BCUT2D eigenvalue weighted by Crippen LogP contribution is -2.39. The van der Waals surface area contributed by atoms with E-state index in [2.05, 4.69) is 10.2 Å². The van der Waals surface area contributed by atoms with Crippen molar-refractivity contribution in [1.29, 1.82) is 0 Å². The minimum absolute atomic E-state index is 0.155. The van der Waals surface area contributed by atoms with Gasteiger partial charge in [0.25, 0.3) is 5.91 Å². The highest BCUT2D eigenvalue weighted by Crippen LogP contribution is 2.37. The van der Waals surface area contributed by atoms with Crippen molar-refractivity contribution in [3.63, 3.8) is 0 Å². The topological polar surface area (TPSA) is 93.9 Å². The summed E-state index contributed by atoms with van der Waals surface area (Å²) in [6, 6.07) is 17.1. The Morgan fingerprint density at radius 3 is 2.76 bits per heavy atom. The Morgan fingerprint density at radius 1 is 1.06 bits per heavy atom. The van der Waals surface area contributed by atoms with Crippen LogP contribution in [0.1, 0.15) is 28.1 Å². The normalized spacial score (nSPS) is 17.6. The maximum Gasteiger partial charge on any atom is 0.265 e. The first-order valence-corrected chi connectivity index (χ1v) is 11.8. The zero-order valence-electron chi connectivity index (χ0n) is 18.1. The van der Waals surface area contributed by atoms with Crippen molar-refractivity contribution >= 4 is 28.8 Å². The molecule has 33 heavy (non-hydrogen) atoms. The molecule has 3 heterocycles. The average molecular weight is 464 g/mol. The fourth-order valence-corrected chi connectivity index (χ4v) is 5.22. The van der Waals surface area contributed by atoms with Gasteiger partial charge in [0, 0.05) is 17.1 Å². The SMILES string of the molecule is NC(=O)C1CCCN1Cc1cccc(NC(=O)c2ccc(-c3ccc4c(c3)OCCO4)s2)c1. The van der Waals surface area contributed by atoms with Crippen molar-refractivity contribution in [2.45, 2.75) is 25.4 Å². The number of carbonyl (C=O) groups is 2. The summed E-state index contributed by atoms with van der Waals surface area (Å²) in [5.41, 5.74) is 8.27. The van der Waals surface area contributed by atoms with Crippen LogP contribution in [0, 0.1) is 0 Å². The first-order chi connectivity index (χ1) is 16.1. The van der Waals surface area contributed by atoms with E-state index in [0.717, 1.165) is 52.6 Å². The number of nitrogens with two attached hydrogens (primary N) is 1. The molecule has 5 rings (SSSR count). The minimum atomic E-state index is -0.275. The van der Waals surface area contributed by atoms with Crippen LogP contribution in [-0.4, -0.2) is 42.5 Å². The van der Waals surface area contributed by atoms with Crippen LogP contribution in [0.3, 0.4) is 0 Å². The second kappa shape index (κ2) is 9.25. The summed E-state index contributed by atoms with van der Waals surface area (Å²) >= 11 is 1.43. The summed E-state index contributed by atoms with van der Waals surface area (Å²) in [5, 5.41) is 2.99. The third-order valence-electron chi connectivity index (χ3n) is 5.92. The number of benzene rings is 2. The monoisotopic (exact) mass is 463 g/mol. The summed E-state index contributed by atoms with van der Waals surface area (Å²) in [6.45, 7) is 2.57. The van der Waals surface area contributed by atoms with Gasteiger partial charge in [-0.15, -0.1) is 11.3 Å². The molecule has 2 aliphatic heterocycles. The first-order valence-electron chi connectivity index (χ1n) is 11.0. The van der Waals surface area contributed by atoms with Gasteiger partial charge in [-0.25, -0.2) is 0 Å². The smallest absolute Gasteiger partial charge is 0.265 e. The van der Waals surface area contributed by atoms with Crippen LogP contribution in [0.15, 0.2) is 54.6 Å². The van der Waals surface area contributed by atoms with Crippen molar-refractivity contribution in [2.75, 3.05) is 25.1 Å². The second-order valence-corrected chi connectivity index (χ2v) is 9.29. The van der Waals surface area contributed by atoms with E-state index in [4.69, 9.17) is 15.2 Å². The predicted molar refractivity (Wildman–Crippen MR) is 128 cm³/mol. The van der Waals surface area contributed by atoms with Crippen LogP contribution in [-0.2, 0) is 11.3 Å². The van der Waals surface area contributed by atoms with Crippen molar-refractivity contribution in [3.8, 4) is 21.9 Å². The molecule has 7 nitrogen and oxygen atoms in total. The molecule has 1 atom stereocenters. The highest BCUT2D eigenvalue weighted by Gasteiger charge is 2.28. The van der Waals surface area contributed by atoms with Gasteiger partial charge < -0.3 is 20.5 Å². The van der Waals surface area contributed by atoms with Gasteiger partial charge in [0.15, 0.2) is 11.5 Å². The van der Waals surface area contributed by atoms with E-state index in [1.165, 1.54) is 11.3 Å². The first kappa shape index (κ1) is 21.5. The van der Waals surface area contributed by atoms with E-state index >= 15 is 0 Å². The van der Waals surface area contributed by atoms with Crippen LogP contribution < -0.4 is 20.5 Å². The number of rotatable bonds is 6. The molecule has 0 spiro atoms.